The van der Waals surface area contributed by atoms with Crippen molar-refractivity contribution in [3.05, 3.63) is 71.2 Å². The first-order chi connectivity index (χ1) is 13.1. The summed E-state index contributed by atoms with van der Waals surface area (Å²) in [6.07, 6.45) is 1.77. The summed E-state index contributed by atoms with van der Waals surface area (Å²) < 4.78 is 31.9. The van der Waals surface area contributed by atoms with E-state index in [9.17, 15) is 8.78 Å². The number of benzene rings is 2. The van der Waals surface area contributed by atoms with Crippen LogP contribution in [0.1, 0.15) is 5.56 Å². The van der Waals surface area contributed by atoms with Gasteiger partial charge in [0.1, 0.15) is 5.75 Å². The van der Waals surface area contributed by atoms with E-state index in [-0.39, 0.29) is 5.75 Å². The van der Waals surface area contributed by atoms with Gasteiger partial charge in [-0.15, -0.1) is 16.8 Å². The number of nitrogens with zero attached hydrogens (tertiary/aromatic N) is 3. The van der Waals surface area contributed by atoms with Crippen LogP contribution in [0, 0.1) is 0 Å². The second-order valence-electron chi connectivity index (χ2n) is 5.52. The minimum atomic E-state index is -2.85. The summed E-state index contributed by atoms with van der Waals surface area (Å²) in [5.41, 5.74) is 1.94. The van der Waals surface area contributed by atoms with Crippen LogP contribution in [0.25, 0.3) is 11.4 Å². The van der Waals surface area contributed by atoms with E-state index in [1.165, 1.54) is 17.7 Å². The summed E-state index contributed by atoms with van der Waals surface area (Å²) in [5.74, 6) is 1.51. The van der Waals surface area contributed by atoms with Crippen molar-refractivity contribution in [2.75, 3.05) is 0 Å². The maximum absolute atomic E-state index is 12.3. The molecule has 0 radical (unpaired) electrons. The quantitative estimate of drug-likeness (QED) is 0.321. The summed E-state index contributed by atoms with van der Waals surface area (Å²) in [6, 6.07) is 14.4. The zero-order chi connectivity index (χ0) is 19.2. The molecule has 0 spiro atoms. The number of thioether (sulfide) groups is 1. The maximum atomic E-state index is 12.3. The SMILES string of the molecule is C=CCn1c(SCc2ccc(Br)cc2)nnc1-c1ccc(OC(F)F)cc1. The first-order valence-electron chi connectivity index (χ1n) is 8.03. The summed E-state index contributed by atoms with van der Waals surface area (Å²) >= 11 is 5.00. The molecule has 0 bridgehead atoms. The number of ether oxygens (including phenoxy) is 1. The van der Waals surface area contributed by atoms with Gasteiger partial charge in [-0.05, 0) is 42.0 Å². The first kappa shape index (κ1) is 19.6. The monoisotopic (exact) mass is 451 g/mol. The molecule has 0 saturated carbocycles. The van der Waals surface area contributed by atoms with Gasteiger partial charge < -0.3 is 4.74 Å². The van der Waals surface area contributed by atoms with Crippen LogP contribution in [-0.2, 0) is 12.3 Å². The Morgan fingerprint density at radius 3 is 2.44 bits per heavy atom. The van der Waals surface area contributed by atoms with E-state index in [0.29, 0.717) is 12.4 Å². The molecule has 0 atom stereocenters. The van der Waals surface area contributed by atoms with Gasteiger partial charge in [0.05, 0.1) is 0 Å². The molecule has 3 rings (SSSR count). The molecular formula is C19H16BrF2N3OS. The van der Waals surface area contributed by atoms with E-state index >= 15 is 0 Å². The van der Waals surface area contributed by atoms with Crippen LogP contribution in [0.5, 0.6) is 5.75 Å². The van der Waals surface area contributed by atoms with Crippen molar-refractivity contribution in [1.29, 1.82) is 0 Å². The van der Waals surface area contributed by atoms with E-state index in [1.54, 1.807) is 30.0 Å². The number of allylic oxidation sites excluding steroid dienone is 1. The Kier molecular flexibility index (Phi) is 6.63. The molecule has 27 heavy (non-hydrogen) atoms. The van der Waals surface area contributed by atoms with Crippen molar-refractivity contribution in [2.45, 2.75) is 24.1 Å². The molecule has 8 heteroatoms. The molecule has 140 valence electrons. The molecule has 2 aromatic carbocycles. The molecule has 0 saturated heterocycles. The number of halogens is 3. The predicted octanol–water partition coefficient (Wildman–Crippen LogP) is 5.79. The van der Waals surface area contributed by atoms with Gasteiger partial charge in [-0.3, -0.25) is 4.57 Å². The van der Waals surface area contributed by atoms with Crippen LogP contribution in [0.2, 0.25) is 0 Å². The van der Waals surface area contributed by atoms with Crippen molar-refractivity contribution in [1.82, 2.24) is 14.8 Å². The van der Waals surface area contributed by atoms with Crippen molar-refractivity contribution < 1.29 is 13.5 Å². The van der Waals surface area contributed by atoms with Gasteiger partial charge in [-0.2, -0.15) is 8.78 Å². The molecule has 1 heterocycles. The van der Waals surface area contributed by atoms with Crippen molar-refractivity contribution in [2.24, 2.45) is 0 Å². The standard InChI is InChI=1S/C19H16BrF2N3OS/c1-2-11-25-17(14-5-9-16(10-6-14)26-18(21)22)23-24-19(25)27-12-13-3-7-15(20)8-4-13/h2-10,18H,1,11-12H2. The molecule has 0 N–H and O–H groups in total. The van der Waals surface area contributed by atoms with Crippen LogP contribution in [-0.4, -0.2) is 21.4 Å². The lowest BCUT2D eigenvalue weighted by Crippen LogP contribution is -2.02. The van der Waals surface area contributed by atoms with Crippen molar-refractivity contribution in [3.63, 3.8) is 0 Å². The average Bonchev–Trinajstić information content (AvgIpc) is 3.04. The number of aromatic nitrogens is 3. The van der Waals surface area contributed by atoms with Gasteiger partial charge in [0.2, 0.25) is 0 Å². The van der Waals surface area contributed by atoms with Gasteiger partial charge in [0, 0.05) is 22.3 Å². The number of rotatable bonds is 8. The van der Waals surface area contributed by atoms with Crippen LogP contribution in [0.4, 0.5) is 8.78 Å². The summed E-state index contributed by atoms with van der Waals surface area (Å²) in [7, 11) is 0. The Hall–Kier alpha value is -2.19. The van der Waals surface area contributed by atoms with Crippen LogP contribution >= 0.6 is 27.7 Å². The second-order valence-corrected chi connectivity index (χ2v) is 7.38. The lowest BCUT2D eigenvalue weighted by Gasteiger charge is -2.09. The zero-order valence-corrected chi connectivity index (χ0v) is 16.6. The highest BCUT2D eigenvalue weighted by Crippen LogP contribution is 2.28. The van der Waals surface area contributed by atoms with E-state index in [1.807, 2.05) is 28.8 Å². The third-order valence-corrected chi connectivity index (χ3v) is 5.21. The minimum absolute atomic E-state index is 0.105. The lowest BCUT2D eigenvalue weighted by atomic mass is 10.2. The zero-order valence-electron chi connectivity index (χ0n) is 14.2. The molecule has 0 aliphatic carbocycles. The molecule has 4 nitrogen and oxygen atoms in total. The van der Waals surface area contributed by atoms with Gasteiger partial charge in [0.25, 0.3) is 0 Å². The van der Waals surface area contributed by atoms with E-state index in [0.717, 1.165) is 20.9 Å². The highest BCUT2D eigenvalue weighted by Gasteiger charge is 2.14. The molecule has 0 aliphatic heterocycles. The number of hydrogen-bond acceptors (Lipinski definition) is 4. The lowest BCUT2D eigenvalue weighted by molar-refractivity contribution is -0.0498. The van der Waals surface area contributed by atoms with E-state index in [4.69, 9.17) is 0 Å². The largest absolute Gasteiger partial charge is 0.435 e. The highest BCUT2D eigenvalue weighted by molar-refractivity contribution is 9.10. The summed E-state index contributed by atoms with van der Waals surface area (Å²) in [5, 5.41) is 9.32. The van der Waals surface area contributed by atoms with Crippen molar-refractivity contribution in [3.8, 4) is 17.1 Å². The van der Waals surface area contributed by atoms with Crippen LogP contribution < -0.4 is 4.74 Å². The van der Waals surface area contributed by atoms with Crippen molar-refractivity contribution >= 4 is 27.7 Å². The minimum Gasteiger partial charge on any atom is -0.435 e. The molecular weight excluding hydrogens is 436 g/mol. The highest BCUT2D eigenvalue weighted by atomic mass is 79.9. The molecule has 0 unspecified atom stereocenters. The fourth-order valence-electron chi connectivity index (χ4n) is 2.42. The van der Waals surface area contributed by atoms with E-state index < -0.39 is 6.61 Å². The Morgan fingerprint density at radius 1 is 1.11 bits per heavy atom. The summed E-state index contributed by atoms with van der Waals surface area (Å²) in [4.78, 5) is 0. The number of alkyl halides is 2. The molecule has 1 aromatic heterocycles. The average molecular weight is 452 g/mol. The van der Waals surface area contributed by atoms with Gasteiger partial charge in [-0.25, -0.2) is 0 Å². The third-order valence-electron chi connectivity index (χ3n) is 3.65. The second kappa shape index (κ2) is 9.14. The van der Waals surface area contributed by atoms with Crippen LogP contribution in [0.3, 0.4) is 0 Å². The topological polar surface area (TPSA) is 39.9 Å². The Morgan fingerprint density at radius 2 is 1.81 bits per heavy atom. The Bertz CT molecular complexity index is 898. The fourth-order valence-corrected chi connectivity index (χ4v) is 3.58. The molecule has 0 fully saturated rings. The number of hydrogen-bond donors (Lipinski definition) is 0. The third kappa shape index (κ3) is 5.17. The summed E-state index contributed by atoms with van der Waals surface area (Å²) in [6.45, 7) is 1.49. The van der Waals surface area contributed by atoms with Gasteiger partial charge in [0.15, 0.2) is 11.0 Å². The first-order valence-corrected chi connectivity index (χ1v) is 9.81. The van der Waals surface area contributed by atoms with Crippen LogP contribution in [0.15, 0.2) is 70.8 Å². The smallest absolute Gasteiger partial charge is 0.387 e. The van der Waals surface area contributed by atoms with E-state index in [2.05, 4.69) is 37.4 Å². The normalized spacial score (nSPS) is 11.0. The fraction of sp³-hybridized carbons (Fsp3) is 0.158. The molecule has 0 amide bonds. The Balaban J connectivity index is 1.80. The van der Waals surface area contributed by atoms with Gasteiger partial charge in [-0.1, -0.05) is 45.9 Å². The predicted molar refractivity (Wildman–Crippen MR) is 106 cm³/mol. The Labute approximate surface area is 168 Å². The maximum Gasteiger partial charge on any atom is 0.387 e. The molecule has 0 aliphatic rings. The molecule has 3 aromatic rings. The van der Waals surface area contributed by atoms with Gasteiger partial charge >= 0.3 is 6.61 Å².